The number of benzene rings is 1. The number of hydrogen-bond donors (Lipinski definition) is 1. The lowest BCUT2D eigenvalue weighted by Gasteiger charge is -2.56. The quantitative estimate of drug-likeness (QED) is 0.902. The fourth-order valence-electron chi connectivity index (χ4n) is 4.33. The SMILES string of the molecule is CCOC1CC(O)C12CCN(C(=O)C(C)Cc1ccccc1)CC2. The van der Waals surface area contributed by atoms with E-state index in [9.17, 15) is 9.90 Å². The molecule has 24 heavy (non-hydrogen) atoms. The Labute approximate surface area is 144 Å². The van der Waals surface area contributed by atoms with Gasteiger partial charge in [0.15, 0.2) is 0 Å². The average Bonchev–Trinajstić information content (AvgIpc) is 2.62. The van der Waals surface area contributed by atoms with Crippen LogP contribution < -0.4 is 0 Å². The zero-order valence-electron chi connectivity index (χ0n) is 14.8. The Morgan fingerprint density at radius 2 is 2.00 bits per heavy atom. The Bertz CT molecular complexity index is 549. The first-order valence-electron chi connectivity index (χ1n) is 9.19. The summed E-state index contributed by atoms with van der Waals surface area (Å²) >= 11 is 0. The maximum absolute atomic E-state index is 12.7. The summed E-state index contributed by atoms with van der Waals surface area (Å²) in [6, 6.07) is 10.2. The van der Waals surface area contributed by atoms with Crippen LogP contribution in [-0.4, -0.2) is 47.8 Å². The minimum absolute atomic E-state index is 0.00421. The van der Waals surface area contributed by atoms with Gasteiger partial charge in [0, 0.05) is 37.5 Å². The minimum Gasteiger partial charge on any atom is -0.392 e. The molecule has 0 aromatic heterocycles. The summed E-state index contributed by atoms with van der Waals surface area (Å²) in [4.78, 5) is 14.7. The average molecular weight is 331 g/mol. The normalized spacial score (nSPS) is 26.9. The molecular formula is C20H29NO3. The first-order valence-corrected chi connectivity index (χ1v) is 9.19. The molecule has 1 aromatic carbocycles. The first-order chi connectivity index (χ1) is 11.6. The maximum Gasteiger partial charge on any atom is 0.225 e. The number of aliphatic hydroxyl groups is 1. The fourth-order valence-corrected chi connectivity index (χ4v) is 4.33. The van der Waals surface area contributed by atoms with Crippen molar-refractivity contribution in [3.8, 4) is 0 Å². The van der Waals surface area contributed by atoms with Gasteiger partial charge >= 0.3 is 0 Å². The van der Waals surface area contributed by atoms with Crippen LogP contribution in [0.15, 0.2) is 30.3 Å². The molecule has 1 N–H and O–H groups in total. The monoisotopic (exact) mass is 331 g/mol. The highest BCUT2D eigenvalue weighted by Crippen LogP contribution is 2.51. The molecule has 0 bridgehead atoms. The fraction of sp³-hybridized carbons (Fsp3) is 0.650. The van der Waals surface area contributed by atoms with Crippen LogP contribution >= 0.6 is 0 Å². The van der Waals surface area contributed by atoms with Gasteiger partial charge in [-0.15, -0.1) is 0 Å². The number of hydrogen-bond acceptors (Lipinski definition) is 3. The number of ether oxygens (including phenoxy) is 1. The summed E-state index contributed by atoms with van der Waals surface area (Å²) in [5.74, 6) is 0.228. The Kier molecular flexibility index (Phi) is 5.26. The second-order valence-electron chi connectivity index (χ2n) is 7.34. The predicted molar refractivity (Wildman–Crippen MR) is 93.6 cm³/mol. The number of piperidine rings is 1. The lowest BCUT2D eigenvalue weighted by Crippen LogP contribution is -2.63. The van der Waals surface area contributed by atoms with E-state index in [4.69, 9.17) is 4.74 Å². The Morgan fingerprint density at radius 1 is 1.33 bits per heavy atom. The van der Waals surface area contributed by atoms with Crippen molar-refractivity contribution in [2.45, 2.75) is 51.7 Å². The number of nitrogens with zero attached hydrogens (tertiary/aromatic N) is 1. The minimum atomic E-state index is -0.270. The third kappa shape index (κ3) is 3.22. The summed E-state index contributed by atoms with van der Waals surface area (Å²) in [6.45, 7) is 6.18. The van der Waals surface area contributed by atoms with Crippen LogP contribution in [0.3, 0.4) is 0 Å². The van der Waals surface area contributed by atoms with Crippen molar-refractivity contribution in [3.63, 3.8) is 0 Å². The standard InChI is InChI=1S/C20H29NO3/c1-3-24-18-14-17(22)20(18)9-11-21(12-10-20)19(23)15(2)13-16-7-5-4-6-8-16/h4-8,15,17-18,22H,3,9-14H2,1-2H3. The van der Waals surface area contributed by atoms with E-state index >= 15 is 0 Å². The molecule has 1 aromatic rings. The van der Waals surface area contributed by atoms with Gasteiger partial charge in [-0.05, 0) is 31.7 Å². The number of aliphatic hydroxyl groups excluding tert-OH is 1. The second kappa shape index (κ2) is 7.24. The van der Waals surface area contributed by atoms with Crippen LogP contribution in [0.1, 0.15) is 38.7 Å². The highest BCUT2D eigenvalue weighted by molar-refractivity contribution is 5.79. The van der Waals surface area contributed by atoms with Gasteiger partial charge in [-0.3, -0.25) is 4.79 Å². The van der Waals surface area contributed by atoms with Crippen molar-refractivity contribution in [1.82, 2.24) is 4.90 Å². The molecular weight excluding hydrogens is 302 g/mol. The van der Waals surface area contributed by atoms with Crippen LogP contribution in [0.2, 0.25) is 0 Å². The summed E-state index contributed by atoms with van der Waals surface area (Å²) in [5.41, 5.74) is 1.09. The molecule has 3 unspecified atom stereocenters. The van der Waals surface area contributed by atoms with Crippen molar-refractivity contribution in [1.29, 1.82) is 0 Å². The molecule has 1 aliphatic heterocycles. The molecule has 4 heteroatoms. The molecule has 1 spiro atoms. The van der Waals surface area contributed by atoms with E-state index in [1.165, 1.54) is 5.56 Å². The lowest BCUT2D eigenvalue weighted by molar-refractivity contribution is -0.210. The first kappa shape index (κ1) is 17.4. The predicted octanol–water partition coefficient (Wildman–Crippen LogP) is 2.64. The molecule has 3 rings (SSSR count). The van der Waals surface area contributed by atoms with Crippen LogP contribution in [-0.2, 0) is 16.0 Å². The Balaban J connectivity index is 1.55. The van der Waals surface area contributed by atoms with Crippen molar-refractivity contribution >= 4 is 5.91 Å². The van der Waals surface area contributed by atoms with E-state index in [2.05, 4.69) is 12.1 Å². The van der Waals surface area contributed by atoms with Gasteiger partial charge in [-0.1, -0.05) is 37.3 Å². The number of rotatable bonds is 5. The van der Waals surface area contributed by atoms with E-state index in [0.29, 0.717) is 6.61 Å². The third-order valence-electron chi connectivity index (χ3n) is 5.92. The number of carbonyl (C=O) groups excluding carboxylic acids is 1. The molecule has 3 atom stereocenters. The highest BCUT2D eigenvalue weighted by atomic mass is 16.5. The molecule has 4 nitrogen and oxygen atoms in total. The van der Waals surface area contributed by atoms with E-state index in [0.717, 1.165) is 38.8 Å². The highest BCUT2D eigenvalue weighted by Gasteiger charge is 2.56. The van der Waals surface area contributed by atoms with E-state index in [-0.39, 0.29) is 29.4 Å². The van der Waals surface area contributed by atoms with Gasteiger partial charge in [-0.25, -0.2) is 0 Å². The third-order valence-corrected chi connectivity index (χ3v) is 5.92. The van der Waals surface area contributed by atoms with Gasteiger partial charge in [0.1, 0.15) is 0 Å². The molecule has 1 heterocycles. The van der Waals surface area contributed by atoms with Gasteiger partial charge in [0.25, 0.3) is 0 Å². The van der Waals surface area contributed by atoms with Crippen molar-refractivity contribution in [2.75, 3.05) is 19.7 Å². The van der Waals surface area contributed by atoms with Gasteiger partial charge in [-0.2, -0.15) is 0 Å². The van der Waals surface area contributed by atoms with E-state index < -0.39 is 0 Å². The number of amides is 1. The Morgan fingerprint density at radius 3 is 2.58 bits per heavy atom. The van der Waals surface area contributed by atoms with Crippen molar-refractivity contribution < 1.29 is 14.6 Å². The molecule has 2 aliphatic rings. The van der Waals surface area contributed by atoms with Gasteiger partial charge < -0.3 is 14.7 Å². The second-order valence-corrected chi connectivity index (χ2v) is 7.34. The molecule has 1 aliphatic carbocycles. The lowest BCUT2D eigenvalue weighted by atomic mass is 9.58. The maximum atomic E-state index is 12.7. The topological polar surface area (TPSA) is 49.8 Å². The zero-order valence-corrected chi connectivity index (χ0v) is 14.8. The largest absolute Gasteiger partial charge is 0.392 e. The van der Waals surface area contributed by atoms with E-state index in [1.54, 1.807) is 0 Å². The molecule has 1 saturated carbocycles. The smallest absolute Gasteiger partial charge is 0.225 e. The molecule has 0 radical (unpaired) electrons. The van der Waals surface area contributed by atoms with Crippen molar-refractivity contribution in [2.24, 2.45) is 11.3 Å². The van der Waals surface area contributed by atoms with E-state index in [1.807, 2.05) is 36.9 Å². The van der Waals surface area contributed by atoms with Crippen LogP contribution in [0.25, 0.3) is 0 Å². The molecule has 1 saturated heterocycles. The number of likely N-dealkylation sites (tertiary alicyclic amines) is 1. The number of carbonyl (C=O) groups is 1. The molecule has 2 fully saturated rings. The summed E-state index contributed by atoms with van der Waals surface area (Å²) in [7, 11) is 0. The summed E-state index contributed by atoms with van der Waals surface area (Å²) in [5, 5.41) is 10.3. The summed E-state index contributed by atoms with van der Waals surface area (Å²) < 4.78 is 5.80. The zero-order chi connectivity index (χ0) is 17.2. The van der Waals surface area contributed by atoms with Crippen LogP contribution in [0, 0.1) is 11.3 Å². The van der Waals surface area contributed by atoms with Crippen molar-refractivity contribution in [3.05, 3.63) is 35.9 Å². The van der Waals surface area contributed by atoms with Crippen LogP contribution in [0.5, 0.6) is 0 Å². The Hall–Kier alpha value is -1.39. The molecule has 1 amide bonds. The van der Waals surface area contributed by atoms with Gasteiger partial charge in [0.2, 0.25) is 5.91 Å². The van der Waals surface area contributed by atoms with Gasteiger partial charge in [0.05, 0.1) is 12.2 Å². The summed E-state index contributed by atoms with van der Waals surface area (Å²) in [6.07, 6.45) is 3.12. The molecule has 132 valence electrons. The van der Waals surface area contributed by atoms with Crippen LogP contribution in [0.4, 0.5) is 0 Å².